The first-order chi connectivity index (χ1) is 7.25. The molecule has 0 radical (unpaired) electrons. The van der Waals surface area contributed by atoms with Crippen LogP contribution in [0.5, 0.6) is 0 Å². The summed E-state index contributed by atoms with van der Waals surface area (Å²) in [6.45, 7) is 8.46. The minimum atomic E-state index is 0.695. The number of hydrogen-bond acceptors (Lipinski definition) is 2. The van der Waals surface area contributed by atoms with E-state index in [1.165, 1.54) is 9.71 Å². The smallest absolute Gasteiger partial charge is 0.0941 e. The van der Waals surface area contributed by atoms with Crippen LogP contribution in [0.15, 0.2) is 24.3 Å². The first-order valence-corrected chi connectivity index (χ1v) is 6.42. The molecule has 0 bridgehead atoms. The standard InChI is InChI=1S/C11H13NS.C2H6/c1-8(2)7-11-12-9-5-3-4-6-10(9)13-11;1-2/h3-6,8H,7H2,1-2H3;1-2H3. The van der Waals surface area contributed by atoms with Crippen molar-refractivity contribution in [3.8, 4) is 0 Å². The normalized spacial score (nSPS) is 10.2. The van der Waals surface area contributed by atoms with Crippen LogP contribution in [0.2, 0.25) is 0 Å². The lowest BCUT2D eigenvalue weighted by molar-refractivity contribution is 0.645. The van der Waals surface area contributed by atoms with E-state index in [1.54, 1.807) is 0 Å². The van der Waals surface area contributed by atoms with E-state index in [0.717, 1.165) is 11.9 Å². The Labute approximate surface area is 96.2 Å². The van der Waals surface area contributed by atoms with Gasteiger partial charge in [0.1, 0.15) is 0 Å². The summed E-state index contributed by atoms with van der Waals surface area (Å²) in [4.78, 5) is 4.57. The highest BCUT2D eigenvalue weighted by Gasteiger charge is 2.04. The van der Waals surface area contributed by atoms with Gasteiger partial charge in [0.05, 0.1) is 15.2 Å². The zero-order valence-corrected chi connectivity index (χ0v) is 10.8. The number of aromatic nitrogens is 1. The van der Waals surface area contributed by atoms with E-state index in [9.17, 15) is 0 Å². The van der Waals surface area contributed by atoms with Gasteiger partial charge in [-0.2, -0.15) is 0 Å². The van der Waals surface area contributed by atoms with Gasteiger partial charge in [0.25, 0.3) is 0 Å². The minimum absolute atomic E-state index is 0.695. The molecule has 0 aliphatic carbocycles. The summed E-state index contributed by atoms with van der Waals surface area (Å²) in [7, 11) is 0. The maximum absolute atomic E-state index is 4.57. The van der Waals surface area contributed by atoms with E-state index in [0.29, 0.717) is 5.92 Å². The molecular formula is C13H19NS. The molecule has 2 rings (SSSR count). The second kappa shape index (κ2) is 5.86. The van der Waals surface area contributed by atoms with Gasteiger partial charge in [0.15, 0.2) is 0 Å². The van der Waals surface area contributed by atoms with Crippen molar-refractivity contribution < 1.29 is 0 Å². The largest absolute Gasteiger partial charge is 0.241 e. The SMILES string of the molecule is CC.CC(C)Cc1nc2ccccc2s1. The van der Waals surface area contributed by atoms with Crippen LogP contribution < -0.4 is 0 Å². The minimum Gasteiger partial charge on any atom is -0.241 e. The molecule has 0 saturated heterocycles. The van der Waals surface area contributed by atoms with E-state index < -0.39 is 0 Å². The van der Waals surface area contributed by atoms with Crippen molar-refractivity contribution in [2.45, 2.75) is 34.1 Å². The van der Waals surface area contributed by atoms with Gasteiger partial charge in [-0.05, 0) is 18.1 Å². The summed E-state index contributed by atoms with van der Waals surface area (Å²) in [5.74, 6) is 0.695. The van der Waals surface area contributed by atoms with Crippen LogP contribution in [0, 0.1) is 5.92 Å². The van der Waals surface area contributed by atoms with Crippen molar-refractivity contribution in [2.75, 3.05) is 0 Å². The second-order valence-corrected chi connectivity index (χ2v) is 4.79. The number of nitrogens with zero attached hydrogens (tertiary/aromatic N) is 1. The fourth-order valence-corrected chi connectivity index (χ4v) is 2.54. The number of thiazole rings is 1. The molecule has 15 heavy (non-hydrogen) atoms. The highest BCUT2D eigenvalue weighted by atomic mass is 32.1. The number of fused-ring (bicyclic) bond motifs is 1. The Morgan fingerprint density at radius 1 is 1.20 bits per heavy atom. The highest BCUT2D eigenvalue weighted by Crippen LogP contribution is 2.23. The number of benzene rings is 1. The molecule has 0 saturated carbocycles. The van der Waals surface area contributed by atoms with Crippen molar-refractivity contribution in [3.05, 3.63) is 29.3 Å². The molecule has 0 fully saturated rings. The third-order valence-electron chi connectivity index (χ3n) is 1.92. The monoisotopic (exact) mass is 221 g/mol. The maximum Gasteiger partial charge on any atom is 0.0941 e. The zero-order valence-electron chi connectivity index (χ0n) is 9.95. The number of rotatable bonds is 2. The molecule has 1 aromatic heterocycles. The molecule has 0 amide bonds. The topological polar surface area (TPSA) is 12.9 Å². The average Bonchev–Trinajstić information content (AvgIpc) is 2.61. The number of para-hydroxylation sites is 1. The summed E-state index contributed by atoms with van der Waals surface area (Å²) in [5.41, 5.74) is 1.14. The summed E-state index contributed by atoms with van der Waals surface area (Å²) >= 11 is 1.81. The molecule has 0 aliphatic rings. The fraction of sp³-hybridized carbons (Fsp3) is 0.462. The Balaban J connectivity index is 0.000000531. The Kier molecular flexibility index (Phi) is 4.76. The van der Waals surface area contributed by atoms with Gasteiger partial charge in [-0.25, -0.2) is 4.98 Å². The third kappa shape index (κ3) is 3.31. The summed E-state index contributed by atoms with van der Waals surface area (Å²) in [5, 5.41) is 1.26. The van der Waals surface area contributed by atoms with Crippen molar-refractivity contribution >= 4 is 21.6 Å². The zero-order chi connectivity index (χ0) is 11.3. The molecule has 0 N–H and O–H groups in total. The van der Waals surface area contributed by atoms with Crippen LogP contribution in [0.4, 0.5) is 0 Å². The maximum atomic E-state index is 4.57. The molecule has 1 aromatic carbocycles. The van der Waals surface area contributed by atoms with Crippen LogP contribution in [-0.2, 0) is 6.42 Å². The van der Waals surface area contributed by atoms with Crippen LogP contribution in [0.25, 0.3) is 10.2 Å². The van der Waals surface area contributed by atoms with Gasteiger partial charge < -0.3 is 0 Å². The average molecular weight is 221 g/mol. The Hall–Kier alpha value is -0.890. The van der Waals surface area contributed by atoms with Crippen molar-refractivity contribution in [1.82, 2.24) is 4.98 Å². The van der Waals surface area contributed by atoms with Crippen LogP contribution in [-0.4, -0.2) is 4.98 Å². The Bertz CT molecular complexity index is 371. The van der Waals surface area contributed by atoms with Gasteiger partial charge in [-0.3, -0.25) is 0 Å². The van der Waals surface area contributed by atoms with E-state index in [1.807, 2.05) is 31.3 Å². The lowest BCUT2D eigenvalue weighted by Crippen LogP contribution is -1.91. The van der Waals surface area contributed by atoms with Crippen molar-refractivity contribution in [2.24, 2.45) is 5.92 Å². The highest BCUT2D eigenvalue weighted by molar-refractivity contribution is 7.18. The molecule has 0 unspecified atom stereocenters. The molecule has 0 spiro atoms. The van der Waals surface area contributed by atoms with Crippen LogP contribution >= 0.6 is 11.3 Å². The fourth-order valence-electron chi connectivity index (χ4n) is 1.36. The van der Waals surface area contributed by atoms with Gasteiger partial charge in [0, 0.05) is 6.42 Å². The molecule has 2 heteroatoms. The molecule has 82 valence electrons. The summed E-state index contributed by atoms with van der Waals surface area (Å²) < 4.78 is 1.30. The van der Waals surface area contributed by atoms with Crippen molar-refractivity contribution in [1.29, 1.82) is 0 Å². The van der Waals surface area contributed by atoms with Crippen molar-refractivity contribution in [3.63, 3.8) is 0 Å². The van der Waals surface area contributed by atoms with E-state index in [4.69, 9.17) is 0 Å². The van der Waals surface area contributed by atoms with E-state index in [2.05, 4.69) is 37.0 Å². The Morgan fingerprint density at radius 3 is 2.47 bits per heavy atom. The summed E-state index contributed by atoms with van der Waals surface area (Å²) in [6.07, 6.45) is 1.10. The van der Waals surface area contributed by atoms with Gasteiger partial charge in [-0.1, -0.05) is 39.8 Å². The third-order valence-corrected chi connectivity index (χ3v) is 2.98. The first-order valence-electron chi connectivity index (χ1n) is 5.60. The second-order valence-electron chi connectivity index (χ2n) is 3.67. The van der Waals surface area contributed by atoms with E-state index in [-0.39, 0.29) is 0 Å². The molecule has 1 nitrogen and oxygen atoms in total. The number of hydrogen-bond donors (Lipinski definition) is 0. The van der Waals surface area contributed by atoms with Gasteiger partial charge >= 0.3 is 0 Å². The summed E-state index contributed by atoms with van der Waals surface area (Å²) in [6, 6.07) is 8.33. The molecule has 0 atom stereocenters. The predicted octanol–water partition coefficient (Wildman–Crippen LogP) is 4.52. The molecule has 2 aromatic rings. The molecule has 0 aliphatic heterocycles. The lowest BCUT2D eigenvalue weighted by atomic mass is 10.1. The quantitative estimate of drug-likeness (QED) is 0.726. The predicted molar refractivity (Wildman–Crippen MR) is 69.5 cm³/mol. The van der Waals surface area contributed by atoms with Gasteiger partial charge in [-0.15, -0.1) is 11.3 Å². The first kappa shape index (κ1) is 12.2. The van der Waals surface area contributed by atoms with Gasteiger partial charge in [0.2, 0.25) is 0 Å². The Morgan fingerprint density at radius 2 is 1.87 bits per heavy atom. The molecule has 1 heterocycles. The lowest BCUT2D eigenvalue weighted by Gasteiger charge is -1.97. The van der Waals surface area contributed by atoms with Crippen LogP contribution in [0.1, 0.15) is 32.7 Å². The van der Waals surface area contributed by atoms with E-state index >= 15 is 0 Å². The van der Waals surface area contributed by atoms with Crippen LogP contribution in [0.3, 0.4) is 0 Å². The molecular weight excluding hydrogens is 202 g/mol.